The lowest BCUT2D eigenvalue weighted by molar-refractivity contribution is -0.142. The van der Waals surface area contributed by atoms with E-state index < -0.39 is 0 Å². The number of carbonyl (C=O) groups is 2. The zero-order valence-electron chi connectivity index (χ0n) is 12.9. The Balaban J connectivity index is 1.73. The highest BCUT2D eigenvalue weighted by atomic mass is 32.2. The van der Waals surface area contributed by atoms with Crippen LogP contribution < -0.4 is 5.32 Å². The van der Waals surface area contributed by atoms with E-state index in [1.807, 2.05) is 0 Å². The topological polar surface area (TPSA) is 71.5 Å². The molecule has 0 unspecified atom stereocenters. The number of amides is 1. The van der Waals surface area contributed by atoms with E-state index in [9.17, 15) is 9.59 Å². The molecule has 2 rings (SSSR count). The van der Waals surface area contributed by atoms with Crippen LogP contribution >= 0.6 is 35.3 Å². The summed E-state index contributed by atoms with van der Waals surface area (Å²) in [4.78, 5) is 29.7. The van der Waals surface area contributed by atoms with E-state index in [4.69, 9.17) is 17.0 Å². The molecule has 1 aliphatic rings. The maximum atomic E-state index is 11.9. The van der Waals surface area contributed by atoms with E-state index in [1.165, 1.54) is 23.1 Å². The number of anilines is 1. The lowest BCUT2D eigenvalue weighted by Gasteiger charge is -2.17. The second-order valence-electron chi connectivity index (χ2n) is 4.92. The number of nitrogens with one attached hydrogen (secondary N) is 1. The molecule has 9 heteroatoms. The van der Waals surface area contributed by atoms with Crippen molar-refractivity contribution >= 4 is 56.6 Å². The molecule has 6 nitrogen and oxygen atoms in total. The maximum absolute atomic E-state index is 11.9. The number of aromatic nitrogens is 1. The van der Waals surface area contributed by atoms with Crippen molar-refractivity contribution in [3.05, 3.63) is 11.1 Å². The molecule has 1 aromatic rings. The first-order valence-corrected chi connectivity index (χ1v) is 9.67. The van der Waals surface area contributed by atoms with Crippen LogP contribution in [0.4, 0.5) is 5.13 Å². The Hall–Kier alpha value is -1.19. The summed E-state index contributed by atoms with van der Waals surface area (Å²) >= 11 is 7.98. The van der Waals surface area contributed by atoms with Crippen LogP contribution in [0.1, 0.15) is 25.5 Å². The number of hydrogen-bond donors (Lipinski definition) is 1. The Kier molecular flexibility index (Phi) is 7.25. The number of esters is 1. The Morgan fingerprint density at radius 3 is 2.91 bits per heavy atom. The average Bonchev–Trinajstić information content (AvgIpc) is 3.17. The number of ether oxygens (including phenoxy) is 1. The van der Waals surface area contributed by atoms with Gasteiger partial charge in [0.05, 0.1) is 24.5 Å². The molecule has 0 aliphatic carbocycles. The summed E-state index contributed by atoms with van der Waals surface area (Å²) in [7, 11) is 0. The number of hydrogen-bond acceptors (Lipinski definition) is 7. The van der Waals surface area contributed by atoms with E-state index in [0.717, 1.165) is 30.3 Å². The van der Waals surface area contributed by atoms with E-state index in [2.05, 4.69) is 15.2 Å². The van der Waals surface area contributed by atoms with Gasteiger partial charge in [0, 0.05) is 18.5 Å². The smallest absolute Gasteiger partial charge is 0.311 e. The third kappa shape index (κ3) is 6.08. The number of likely N-dealkylation sites (tertiary alicyclic amines) is 1. The van der Waals surface area contributed by atoms with Gasteiger partial charge < -0.3 is 15.0 Å². The fraction of sp³-hybridized carbons (Fsp3) is 0.571. The second kappa shape index (κ2) is 9.19. The summed E-state index contributed by atoms with van der Waals surface area (Å²) in [6.45, 7) is 4.07. The number of thioether (sulfide) groups is 1. The van der Waals surface area contributed by atoms with Gasteiger partial charge in [0.1, 0.15) is 4.32 Å². The molecule has 1 aromatic heterocycles. The lowest BCUT2D eigenvalue weighted by atomic mass is 10.3. The van der Waals surface area contributed by atoms with Crippen molar-refractivity contribution in [1.82, 2.24) is 9.88 Å². The fourth-order valence-corrected chi connectivity index (χ4v) is 3.86. The summed E-state index contributed by atoms with van der Waals surface area (Å²) in [6, 6.07) is 0. The molecule has 1 fully saturated rings. The van der Waals surface area contributed by atoms with Gasteiger partial charge in [-0.3, -0.25) is 9.59 Å². The highest BCUT2D eigenvalue weighted by Crippen LogP contribution is 2.18. The highest BCUT2D eigenvalue weighted by molar-refractivity contribution is 8.23. The molecule has 0 aromatic carbocycles. The van der Waals surface area contributed by atoms with Crippen LogP contribution in [-0.4, -0.2) is 51.5 Å². The first-order valence-electron chi connectivity index (χ1n) is 7.40. The molecule has 126 valence electrons. The minimum atomic E-state index is -0.317. The molecule has 1 aliphatic heterocycles. The largest absolute Gasteiger partial charge is 0.466 e. The van der Waals surface area contributed by atoms with Gasteiger partial charge in [-0.15, -0.1) is 11.3 Å². The van der Waals surface area contributed by atoms with Crippen LogP contribution in [0.25, 0.3) is 0 Å². The van der Waals surface area contributed by atoms with Crippen molar-refractivity contribution in [1.29, 1.82) is 0 Å². The summed E-state index contributed by atoms with van der Waals surface area (Å²) in [5.74, 6) is -0.196. The SMILES string of the molecule is CCOC(=O)Cc1csc(NC(=O)CSC(=S)N2CCCC2)n1. The quantitative estimate of drug-likeness (QED) is 0.606. The normalized spacial score (nSPS) is 13.9. The Labute approximate surface area is 149 Å². The predicted octanol–water partition coefficient (Wildman–Crippen LogP) is 2.30. The van der Waals surface area contributed by atoms with Gasteiger partial charge in [-0.05, 0) is 19.8 Å². The van der Waals surface area contributed by atoms with Crippen molar-refractivity contribution in [3.8, 4) is 0 Å². The molecule has 0 saturated carbocycles. The molecule has 0 spiro atoms. The van der Waals surface area contributed by atoms with Crippen LogP contribution in [0.2, 0.25) is 0 Å². The summed E-state index contributed by atoms with van der Waals surface area (Å²) in [6.07, 6.45) is 2.44. The van der Waals surface area contributed by atoms with Crippen molar-refractivity contribution in [3.63, 3.8) is 0 Å². The second-order valence-corrected chi connectivity index (χ2v) is 7.39. The van der Waals surface area contributed by atoms with Crippen molar-refractivity contribution in [2.75, 3.05) is 30.8 Å². The monoisotopic (exact) mass is 373 g/mol. The first-order chi connectivity index (χ1) is 11.1. The third-order valence-corrected chi connectivity index (χ3v) is 5.45. The van der Waals surface area contributed by atoms with E-state index in [-0.39, 0.29) is 24.1 Å². The summed E-state index contributed by atoms with van der Waals surface area (Å²) in [5.41, 5.74) is 0.601. The minimum absolute atomic E-state index is 0.119. The summed E-state index contributed by atoms with van der Waals surface area (Å²) in [5, 5.41) is 4.96. The Morgan fingerprint density at radius 2 is 2.22 bits per heavy atom. The zero-order chi connectivity index (χ0) is 16.7. The predicted molar refractivity (Wildman–Crippen MR) is 96.9 cm³/mol. The molecule has 1 N–H and O–H groups in total. The number of rotatable bonds is 6. The molecular formula is C14H19N3O3S3. The van der Waals surface area contributed by atoms with Crippen molar-refractivity contribution in [2.45, 2.75) is 26.2 Å². The Morgan fingerprint density at radius 1 is 1.48 bits per heavy atom. The van der Waals surface area contributed by atoms with Gasteiger partial charge in [0.25, 0.3) is 0 Å². The molecule has 1 amide bonds. The minimum Gasteiger partial charge on any atom is -0.466 e. The van der Waals surface area contributed by atoms with E-state index in [0.29, 0.717) is 17.4 Å². The van der Waals surface area contributed by atoms with Crippen LogP contribution in [0, 0.1) is 0 Å². The van der Waals surface area contributed by atoms with Gasteiger partial charge in [-0.2, -0.15) is 0 Å². The van der Waals surface area contributed by atoms with Gasteiger partial charge in [0.15, 0.2) is 5.13 Å². The summed E-state index contributed by atoms with van der Waals surface area (Å²) < 4.78 is 5.64. The van der Waals surface area contributed by atoms with Crippen LogP contribution in [0.3, 0.4) is 0 Å². The maximum Gasteiger partial charge on any atom is 0.311 e. The zero-order valence-corrected chi connectivity index (χ0v) is 15.3. The van der Waals surface area contributed by atoms with Gasteiger partial charge in [-0.25, -0.2) is 4.98 Å². The van der Waals surface area contributed by atoms with Crippen LogP contribution in [0.15, 0.2) is 5.38 Å². The first kappa shape index (κ1) is 18.2. The van der Waals surface area contributed by atoms with Crippen molar-refractivity contribution in [2.24, 2.45) is 0 Å². The molecule has 23 heavy (non-hydrogen) atoms. The fourth-order valence-electron chi connectivity index (χ4n) is 2.08. The van der Waals surface area contributed by atoms with Gasteiger partial charge in [-0.1, -0.05) is 24.0 Å². The van der Waals surface area contributed by atoms with Crippen molar-refractivity contribution < 1.29 is 14.3 Å². The Bertz CT molecular complexity index is 571. The average molecular weight is 374 g/mol. The van der Waals surface area contributed by atoms with E-state index >= 15 is 0 Å². The number of carbonyl (C=O) groups excluding carboxylic acids is 2. The molecule has 0 radical (unpaired) electrons. The third-order valence-electron chi connectivity index (χ3n) is 3.12. The highest BCUT2D eigenvalue weighted by Gasteiger charge is 2.16. The molecule has 1 saturated heterocycles. The standard InChI is InChI=1S/C14H19N3O3S3/c1-2-20-12(19)7-10-8-22-13(15-10)16-11(18)9-23-14(21)17-5-3-4-6-17/h8H,2-7,9H2,1H3,(H,15,16,18). The molecule has 0 atom stereocenters. The van der Waals surface area contributed by atoms with Crippen LogP contribution in [0.5, 0.6) is 0 Å². The number of thiocarbonyl (C=S) groups is 1. The molecule has 2 heterocycles. The lowest BCUT2D eigenvalue weighted by Crippen LogP contribution is -2.25. The van der Waals surface area contributed by atoms with E-state index in [1.54, 1.807) is 12.3 Å². The van der Waals surface area contributed by atoms with Gasteiger partial charge >= 0.3 is 5.97 Å². The van der Waals surface area contributed by atoms with Crippen LogP contribution in [-0.2, 0) is 20.7 Å². The number of nitrogens with zero attached hydrogens (tertiary/aromatic N) is 2. The van der Waals surface area contributed by atoms with Gasteiger partial charge in [0.2, 0.25) is 5.91 Å². The number of thiazole rings is 1. The molecular weight excluding hydrogens is 354 g/mol. The molecule has 0 bridgehead atoms.